The Balaban J connectivity index is 0. The van der Waals surface area contributed by atoms with E-state index >= 15 is 0 Å². The van der Waals surface area contributed by atoms with Gasteiger partial charge in [0.2, 0.25) is 0 Å². The second-order valence-electron chi connectivity index (χ2n) is 2.39. The van der Waals surface area contributed by atoms with E-state index in [0.717, 1.165) is 6.54 Å². The predicted octanol–water partition coefficient (Wildman–Crippen LogP) is -2.96. The van der Waals surface area contributed by atoms with Crippen LogP contribution >= 0.6 is 0 Å². The van der Waals surface area contributed by atoms with Crippen LogP contribution in [-0.2, 0) is 0 Å². The van der Waals surface area contributed by atoms with Gasteiger partial charge in [0.1, 0.15) is 0 Å². The molecule has 0 saturated carbocycles. The number of hydrogen-bond acceptors (Lipinski definition) is 1. The highest BCUT2D eigenvalue weighted by molar-refractivity contribution is 4.10. The van der Waals surface area contributed by atoms with Crippen molar-refractivity contribution in [3.05, 3.63) is 0 Å². The molecule has 0 atom stereocenters. The highest BCUT2D eigenvalue weighted by Gasteiger charge is 2.06. The Hall–Kier alpha value is 0.400. The molecular weight excluding hydrogens is 170 g/mol. The van der Waals surface area contributed by atoms with Gasteiger partial charge < -0.3 is 26.6 Å². The first-order valence-electron chi connectivity index (χ1n) is 2.55. The van der Waals surface area contributed by atoms with Crippen LogP contribution in [0.5, 0.6) is 0 Å². The van der Waals surface area contributed by atoms with Crippen molar-refractivity contribution in [1.29, 1.82) is 0 Å². The molecule has 0 aliphatic carbocycles. The fourth-order valence-electron chi connectivity index (χ4n) is 0.1000. The summed E-state index contributed by atoms with van der Waals surface area (Å²) in [7, 11) is 3.97. The maximum atomic E-state index is 8.57. The van der Waals surface area contributed by atoms with Gasteiger partial charge in [0.05, 0.1) is 20.6 Å². The van der Waals surface area contributed by atoms with Gasteiger partial charge in [0, 0.05) is 0 Å². The molecule has 0 fully saturated rings. The van der Waals surface area contributed by atoms with Crippen LogP contribution in [0.3, 0.4) is 0 Å². The van der Waals surface area contributed by atoms with Crippen molar-refractivity contribution in [1.82, 2.24) is 0 Å². The predicted molar refractivity (Wildman–Crippen MR) is 29.7 cm³/mol. The van der Waals surface area contributed by atoms with Crippen LogP contribution in [0, 0.1) is 0 Å². The van der Waals surface area contributed by atoms with Gasteiger partial charge in [-0.05, 0) is 6.92 Å². The Labute approximate surface area is 61.5 Å². The number of quaternary nitrogens is 1. The molecule has 0 aromatic carbocycles. The Kier molecular flexibility index (Phi) is 6.03. The monoisotopic (exact) mass is 183 g/mol. The summed E-state index contributed by atoms with van der Waals surface area (Å²) in [6.07, 6.45) is 0. The second kappa shape index (κ2) is 4.30. The van der Waals surface area contributed by atoms with Gasteiger partial charge in [-0.15, -0.1) is 0 Å². The van der Waals surface area contributed by atoms with E-state index in [-0.39, 0.29) is 23.7 Å². The van der Waals surface area contributed by atoms with Crippen molar-refractivity contribution in [2.24, 2.45) is 0 Å². The number of halogens is 1. The molecule has 0 aromatic heterocycles. The first-order chi connectivity index (χ1) is 3.12. The molecule has 0 aromatic rings. The smallest absolute Gasteiger partial charge is 0.179 e. The summed E-state index contributed by atoms with van der Waals surface area (Å²) in [6, 6.07) is 0. The van der Waals surface area contributed by atoms with Crippen molar-refractivity contribution >= 4 is 0 Å². The van der Waals surface area contributed by atoms with Crippen LogP contribution in [-0.4, -0.2) is 37.0 Å². The van der Waals surface area contributed by atoms with Crippen molar-refractivity contribution in [2.45, 2.75) is 6.92 Å². The SMILES string of the molecule is CC[N+](C)(C)CO.[Br-]. The van der Waals surface area contributed by atoms with Crippen LogP contribution in [0.1, 0.15) is 6.92 Å². The molecule has 0 bridgehead atoms. The molecule has 3 heteroatoms. The largest absolute Gasteiger partial charge is 1.00 e. The van der Waals surface area contributed by atoms with Crippen LogP contribution in [0.4, 0.5) is 0 Å². The third-order valence-electron chi connectivity index (χ3n) is 1.24. The summed E-state index contributed by atoms with van der Waals surface area (Å²) < 4.78 is 0.694. The number of aliphatic hydroxyl groups excluding tert-OH is 1. The molecule has 2 nitrogen and oxygen atoms in total. The zero-order valence-electron chi connectivity index (χ0n) is 5.69. The number of aliphatic hydroxyl groups is 1. The molecule has 0 aliphatic rings. The Morgan fingerprint density at radius 3 is 1.75 bits per heavy atom. The van der Waals surface area contributed by atoms with E-state index in [4.69, 9.17) is 5.11 Å². The highest BCUT2D eigenvalue weighted by Crippen LogP contribution is 1.89. The molecule has 0 aliphatic heterocycles. The minimum atomic E-state index is 0. The first kappa shape index (κ1) is 11.2. The standard InChI is InChI=1S/C5H14NO.BrH/c1-4-6(2,3)5-7;/h7H,4-5H2,1-3H3;1H/q+1;/p-1. The summed E-state index contributed by atoms with van der Waals surface area (Å²) in [6.45, 7) is 3.27. The van der Waals surface area contributed by atoms with Gasteiger partial charge in [-0.1, -0.05) is 0 Å². The minimum absolute atomic E-state index is 0. The molecule has 0 rings (SSSR count). The zero-order valence-corrected chi connectivity index (χ0v) is 7.27. The third kappa shape index (κ3) is 4.56. The average molecular weight is 184 g/mol. The fourth-order valence-corrected chi connectivity index (χ4v) is 0.1000. The lowest BCUT2D eigenvalue weighted by Crippen LogP contribution is -3.00. The normalized spacial score (nSPS) is 10.5. The molecule has 8 heavy (non-hydrogen) atoms. The lowest BCUT2D eigenvalue weighted by molar-refractivity contribution is -0.907. The molecule has 1 N–H and O–H groups in total. The maximum Gasteiger partial charge on any atom is 0.179 e. The van der Waals surface area contributed by atoms with E-state index in [1.54, 1.807) is 0 Å². The number of rotatable bonds is 2. The fraction of sp³-hybridized carbons (Fsp3) is 1.00. The average Bonchev–Trinajstić information content (AvgIpc) is 1.68. The Morgan fingerprint density at radius 1 is 1.38 bits per heavy atom. The van der Waals surface area contributed by atoms with Crippen LogP contribution in [0.25, 0.3) is 0 Å². The van der Waals surface area contributed by atoms with Gasteiger partial charge in [-0.25, -0.2) is 0 Å². The highest BCUT2D eigenvalue weighted by atomic mass is 79.9. The maximum absolute atomic E-state index is 8.57. The molecular formula is C5H14BrNO. The lowest BCUT2D eigenvalue weighted by atomic mass is 10.6. The topological polar surface area (TPSA) is 20.2 Å². The van der Waals surface area contributed by atoms with Crippen LogP contribution in [0.2, 0.25) is 0 Å². The molecule has 52 valence electrons. The van der Waals surface area contributed by atoms with E-state index in [1.807, 2.05) is 14.1 Å². The molecule has 0 heterocycles. The van der Waals surface area contributed by atoms with Gasteiger partial charge in [-0.2, -0.15) is 0 Å². The van der Waals surface area contributed by atoms with Crippen molar-refractivity contribution in [3.63, 3.8) is 0 Å². The van der Waals surface area contributed by atoms with E-state index < -0.39 is 0 Å². The van der Waals surface area contributed by atoms with E-state index in [2.05, 4.69) is 6.92 Å². The summed E-state index contributed by atoms with van der Waals surface area (Å²) in [4.78, 5) is 0. The molecule has 0 radical (unpaired) electrons. The van der Waals surface area contributed by atoms with Gasteiger partial charge in [0.15, 0.2) is 6.73 Å². The molecule has 0 unspecified atom stereocenters. The van der Waals surface area contributed by atoms with Crippen molar-refractivity contribution in [2.75, 3.05) is 27.4 Å². The molecule has 0 spiro atoms. The van der Waals surface area contributed by atoms with Gasteiger partial charge in [0.25, 0.3) is 0 Å². The zero-order chi connectivity index (χ0) is 5.91. The van der Waals surface area contributed by atoms with E-state index in [9.17, 15) is 0 Å². The summed E-state index contributed by atoms with van der Waals surface area (Å²) in [5.74, 6) is 0. The quantitative estimate of drug-likeness (QED) is 0.359. The number of hydrogen-bond donors (Lipinski definition) is 1. The van der Waals surface area contributed by atoms with Crippen LogP contribution in [0.15, 0.2) is 0 Å². The lowest BCUT2D eigenvalue weighted by Gasteiger charge is -2.24. The van der Waals surface area contributed by atoms with Crippen molar-refractivity contribution < 1.29 is 26.6 Å². The molecule has 0 saturated heterocycles. The summed E-state index contributed by atoms with van der Waals surface area (Å²) in [5, 5.41) is 8.57. The minimum Gasteiger partial charge on any atom is -1.00 e. The number of nitrogens with zero attached hydrogens (tertiary/aromatic N) is 1. The van der Waals surface area contributed by atoms with E-state index in [0.29, 0.717) is 4.48 Å². The molecule has 0 amide bonds. The van der Waals surface area contributed by atoms with Gasteiger partial charge in [-0.3, -0.25) is 0 Å². The van der Waals surface area contributed by atoms with Crippen LogP contribution < -0.4 is 17.0 Å². The Bertz CT molecular complexity index is 50.4. The third-order valence-corrected chi connectivity index (χ3v) is 1.24. The summed E-state index contributed by atoms with van der Waals surface area (Å²) >= 11 is 0. The first-order valence-corrected chi connectivity index (χ1v) is 2.55. The second-order valence-corrected chi connectivity index (χ2v) is 2.39. The van der Waals surface area contributed by atoms with Crippen molar-refractivity contribution in [3.8, 4) is 0 Å². The summed E-state index contributed by atoms with van der Waals surface area (Å²) in [5.41, 5.74) is 0. The van der Waals surface area contributed by atoms with Gasteiger partial charge >= 0.3 is 0 Å². The van der Waals surface area contributed by atoms with E-state index in [1.165, 1.54) is 0 Å². The Morgan fingerprint density at radius 2 is 1.75 bits per heavy atom.